The molecule has 1 rings (SSSR count). The van der Waals surface area contributed by atoms with Crippen molar-refractivity contribution in [3.8, 4) is 17.6 Å². The zero-order valence-electron chi connectivity index (χ0n) is 9.42. The molecule has 0 radical (unpaired) electrons. The molecule has 0 saturated carbocycles. The van der Waals surface area contributed by atoms with E-state index in [1.807, 2.05) is 19.9 Å². The Morgan fingerprint density at radius 1 is 1.31 bits per heavy atom. The van der Waals surface area contributed by atoms with Crippen molar-refractivity contribution in [2.75, 3.05) is 13.2 Å². The second-order valence-electron chi connectivity index (χ2n) is 3.17. The molecule has 0 N–H and O–H groups in total. The van der Waals surface area contributed by atoms with E-state index < -0.39 is 0 Å². The first kappa shape index (κ1) is 13.1. The first-order valence-electron chi connectivity index (χ1n) is 5.22. The van der Waals surface area contributed by atoms with Crippen molar-refractivity contribution >= 4 is 22.6 Å². The summed E-state index contributed by atoms with van der Waals surface area (Å²) in [5.41, 5.74) is 0.531. The zero-order chi connectivity index (χ0) is 12.0. The Kier molecular flexibility index (Phi) is 5.39. The van der Waals surface area contributed by atoms with Crippen molar-refractivity contribution in [2.45, 2.75) is 20.3 Å². The van der Waals surface area contributed by atoms with Crippen molar-refractivity contribution in [3.63, 3.8) is 0 Å². The Hall–Kier alpha value is -0.960. The quantitative estimate of drug-likeness (QED) is 0.777. The third-order valence-corrected chi connectivity index (χ3v) is 2.51. The maximum atomic E-state index is 9.05. The average molecular weight is 331 g/mol. The Balaban J connectivity index is 3.12. The zero-order valence-corrected chi connectivity index (χ0v) is 11.6. The lowest BCUT2D eigenvalue weighted by atomic mass is 10.2. The molecule has 0 aromatic heterocycles. The third kappa shape index (κ3) is 3.27. The van der Waals surface area contributed by atoms with Gasteiger partial charge in [-0.25, -0.2) is 0 Å². The van der Waals surface area contributed by atoms with Crippen LogP contribution in [0.5, 0.6) is 11.5 Å². The van der Waals surface area contributed by atoms with E-state index in [4.69, 9.17) is 14.7 Å². The van der Waals surface area contributed by atoms with Crippen molar-refractivity contribution < 1.29 is 9.47 Å². The topological polar surface area (TPSA) is 42.2 Å². The van der Waals surface area contributed by atoms with Crippen LogP contribution in [0.2, 0.25) is 0 Å². The van der Waals surface area contributed by atoms with Gasteiger partial charge in [-0.2, -0.15) is 5.26 Å². The molecule has 0 spiro atoms. The fourth-order valence-corrected chi connectivity index (χ4v) is 1.86. The van der Waals surface area contributed by atoms with Crippen molar-refractivity contribution in [3.05, 3.63) is 21.3 Å². The van der Waals surface area contributed by atoms with Gasteiger partial charge in [-0.05, 0) is 48.1 Å². The van der Waals surface area contributed by atoms with E-state index in [1.54, 1.807) is 6.07 Å². The molecule has 0 bridgehead atoms. The maximum Gasteiger partial charge on any atom is 0.178 e. The summed E-state index contributed by atoms with van der Waals surface area (Å²) in [6.07, 6.45) is 0.905. The fraction of sp³-hybridized carbons (Fsp3) is 0.417. The minimum atomic E-state index is 0.531. The van der Waals surface area contributed by atoms with Crippen LogP contribution in [0.1, 0.15) is 25.8 Å². The minimum Gasteiger partial charge on any atom is -0.490 e. The van der Waals surface area contributed by atoms with Crippen LogP contribution in [-0.2, 0) is 0 Å². The number of hydrogen-bond donors (Lipinski definition) is 0. The van der Waals surface area contributed by atoms with E-state index in [0.717, 1.165) is 9.99 Å². The highest BCUT2D eigenvalue weighted by Gasteiger charge is 2.12. The van der Waals surface area contributed by atoms with Gasteiger partial charge in [0.2, 0.25) is 0 Å². The Morgan fingerprint density at radius 2 is 2.06 bits per heavy atom. The van der Waals surface area contributed by atoms with Gasteiger partial charge in [-0.1, -0.05) is 6.92 Å². The highest BCUT2D eigenvalue weighted by atomic mass is 127. The smallest absolute Gasteiger partial charge is 0.178 e. The molecule has 0 fully saturated rings. The summed E-state index contributed by atoms with van der Waals surface area (Å²) in [6.45, 7) is 5.09. The minimum absolute atomic E-state index is 0.531. The number of halogens is 1. The lowest BCUT2D eigenvalue weighted by molar-refractivity contribution is 0.276. The number of rotatable bonds is 5. The van der Waals surface area contributed by atoms with Crippen LogP contribution < -0.4 is 9.47 Å². The standard InChI is InChI=1S/C12H14INO2/c1-3-5-16-12-9(8-14)6-10(13)7-11(12)15-4-2/h6-7H,3-5H2,1-2H3. The van der Waals surface area contributed by atoms with Gasteiger partial charge < -0.3 is 9.47 Å². The molecule has 0 aliphatic rings. The Labute approximate surface area is 110 Å². The lowest BCUT2D eigenvalue weighted by Gasteiger charge is -2.13. The van der Waals surface area contributed by atoms with E-state index in [9.17, 15) is 0 Å². The van der Waals surface area contributed by atoms with Gasteiger partial charge in [0.05, 0.1) is 18.8 Å². The van der Waals surface area contributed by atoms with Gasteiger partial charge in [0.15, 0.2) is 11.5 Å². The summed E-state index contributed by atoms with van der Waals surface area (Å²) in [6, 6.07) is 5.82. The van der Waals surface area contributed by atoms with Crippen molar-refractivity contribution in [1.82, 2.24) is 0 Å². The second-order valence-corrected chi connectivity index (χ2v) is 4.42. The molecule has 0 heterocycles. The summed E-state index contributed by atoms with van der Waals surface area (Å²) in [5.74, 6) is 1.21. The van der Waals surface area contributed by atoms with E-state index in [0.29, 0.717) is 30.3 Å². The molecule has 0 atom stereocenters. The summed E-state index contributed by atoms with van der Waals surface area (Å²) in [7, 11) is 0. The number of ether oxygens (including phenoxy) is 2. The summed E-state index contributed by atoms with van der Waals surface area (Å²) in [5, 5.41) is 9.05. The maximum absolute atomic E-state index is 9.05. The van der Waals surface area contributed by atoms with E-state index in [1.165, 1.54) is 0 Å². The number of hydrogen-bond acceptors (Lipinski definition) is 3. The number of nitrogens with zero attached hydrogens (tertiary/aromatic N) is 1. The predicted octanol–water partition coefficient (Wildman–Crippen LogP) is 3.35. The molecular formula is C12H14INO2. The molecule has 4 heteroatoms. The van der Waals surface area contributed by atoms with Crippen molar-refractivity contribution in [1.29, 1.82) is 5.26 Å². The molecule has 1 aromatic carbocycles. The third-order valence-electron chi connectivity index (χ3n) is 1.89. The van der Waals surface area contributed by atoms with Gasteiger partial charge >= 0.3 is 0 Å². The molecular weight excluding hydrogens is 317 g/mol. The highest BCUT2D eigenvalue weighted by molar-refractivity contribution is 14.1. The molecule has 0 saturated heterocycles. The van der Waals surface area contributed by atoms with Gasteiger partial charge in [0, 0.05) is 3.57 Å². The molecule has 0 unspecified atom stereocenters. The summed E-state index contributed by atoms with van der Waals surface area (Å²) in [4.78, 5) is 0. The Bertz CT molecular complexity index is 399. The summed E-state index contributed by atoms with van der Waals surface area (Å²) >= 11 is 2.16. The van der Waals surface area contributed by atoms with E-state index in [-0.39, 0.29) is 0 Å². The second kappa shape index (κ2) is 6.59. The van der Waals surface area contributed by atoms with Crippen LogP contribution >= 0.6 is 22.6 Å². The van der Waals surface area contributed by atoms with Gasteiger partial charge in [0.25, 0.3) is 0 Å². The van der Waals surface area contributed by atoms with Gasteiger partial charge in [-0.15, -0.1) is 0 Å². The molecule has 0 aliphatic carbocycles. The van der Waals surface area contributed by atoms with E-state index >= 15 is 0 Å². The van der Waals surface area contributed by atoms with Gasteiger partial charge in [0.1, 0.15) is 6.07 Å². The van der Waals surface area contributed by atoms with Crippen LogP contribution in [0, 0.1) is 14.9 Å². The summed E-state index contributed by atoms with van der Waals surface area (Å²) < 4.78 is 12.0. The van der Waals surface area contributed by atoms with Gasteiger partial charge in [-0.3, -0.25) is 0 Å². The SMILES string of the molecule is CCCOc1c(C#N)cc(I)cc1OCC. The first-order valence-corrected chi connectivity index (χ1v) is 6.30. The number of benzene rings is 1. The van der Waals surface area contributed by atoms with Crippen LogP contribution in [0.15, 0.2) is 12.1 Å². The monoisotopic (exact) mass is 331 g/mol. The molecule has 86 valence electrons. The molecule has 16 heavy (non-hydrogen) atoms. The molecule has 1 aromatic rings. The Morgan fingerprint density at radius 3 is 2.62 bits per heavy atom. The molecule has 0 amide bonds. The average Bonchev–Trinajstić information content (AvgIpc) is 2.27. The normalized spacial score (nSPS) is 9.62. The van der Waals surface area contributed by atoms with Crippen LogP contribution in [-0.4, -0.2) is 13.2 Å². The fourth-order valence-electron chi connectivity index (χ4n) is 1.27. The first-order chi connectivity index (χ1) is 7.72. The molecule has 0 aliphatic heterocycles. The van der Waals surface area contributed by atoms with Crippen LogP contribution in [0.3, 0.4) is 0 Å². The van der Waals surface area contributed by atoms with Crippen LogP contribution in [0.4, 0.5) is 0 Å². The number of nitriles is 1. The van der Waals surface area contributed by atoms with E-state index in [2.05, 4.69) is 28.7 Å². The largest absolute Gasteiger partial charge is 0.490 e. The lowest BCUT2D eigenvalue weighted by Crippen LogP contribution is -2.02. The highest BCUT2D eigenvalue weighted by Crippen LogP contribution is 2.33. The van der Waals surface area contributed by atoms with Crippen LogP contribution in [0.25, 0.3) is 0 Å². The van der Waals surface area contributed by atoms with Crippen molar-refractivity contribution in [2.24, 2.45) is 0 Å². The predicted molar refractivity (Wildman–Crippen MR) is 70.8 cm³/mol. The molecule has 3 nitrogen and oxygen atoms in total.